The number of aromatic hydroxyl groups is 2. The van der Waals surface area contributed by atoms with Crippen molar-refractivity contribution in [1.82, 2.24) is 5.43 Å². The number of rotatable bonds is 3. The van der Waals surface area contributed by atoms with Crippen molar-refractivity contribution in [1.29, 1.82) is 0 Å². The smallest absolute Gasteiger partial charge is 0.271 e. The number of halogens is 2. The monoisotopic (exact) mass is 474 g/mol. The summed E-state index contributed by atoms with van der Waals surface area (Å²) >= 11 is 5.32. The van der Waals surface area contributed by atoms with Crippen LogP contribution in [0.2, 0.25) is 0 Å². The molecule has 1 amide bonds. The number of phenols is 2. The van der Waals surface area contributed by atoms with E-state index in [1.165, 1.54) is 12.1 Å². The lowest BCUT2D eigenvalue weighted by Gasteiger charge is -2.07. The third-order valence-corrected chi connectivity index (χ3v) is 4.24. The topological polar surface area (TPSA) is 81.9 Å². The molecule has 2 rings (SSSR count). The first-order valence-electron chi connectivity index (χ1n) is 6.20. The van der Waals surface area contributed by atoms with Crippen LogP contribution in [0.5, 0.6) is 11.5 Å². The van der Waals surface area contributed by atoms with Gasteiger partial charge < -0.3 is 10.2 Å². The van der Waals surface area contributed by atoms with Gasteiger partial charge in [0.05, 0.1) is 10.2 Å². The summed E-state index contributed by atoms with van der Waals surface area (Å²) in [6.45, 7) is 1.65. The first-order chi connectivity index (χ1) is 10.4. The number of hydrazone groups is 1. The lowest BCUT2D eigenvalue weighted by Crippen LogP contribution is -2.19. The van der Waals surface area contributed by atoms with Crippen molar-refractivity contribution in [3.8, 4) is 11.5 Å². The van der Waals surface area contributed by atoms with Gasteiger partial charge in [-0.15, -0.1) is 0 Å². The maximum Gasteiger partial charge on any atom is 0.271 e. The van der Waals surface area contributed by atoms with Gasteiger partial charge in [-0.25, -0.2) is 5.43 Å². The molecule has 5 nitrogen and oxygen atoms in total. The zero-order valence-electron chi connectivity index (χ0n) is 11.5. The number of hydrogen-bond donors (Lipinski definition) is 3. The summed E-state index contributed by atoms with van der Waals surface area (Å²) in [6.07, 6.45) is 0. The highest BCUT2D eigenvalue weighted by molar-refractivity contribution is 14.1. The maximum absolute atomic E-state index is 12.0. The van der Waals surface area contributed by atoms with Crippen molar-refractivity contribution in [3.63, 3.8) is 0 Å². The van der Waals surface area contributed by atoms with Gasteiger partial charge in [-0.2, -0.15) is 5.10 Å². The Bertz CT molecular complexity index is 745. The molecule has 0 unspecified atom stereocenters. The molecule has 0 bridgehead atoms. The summed E-state index contributed by atoms with van der Waals surface area (Å²) in [4.78, 5) is 12.0. The SMILES string of the molecule is C/C(=N/NC(=O)c1ccc(I)cc1)c1cc(Br)c(O)cc1O. The molecule has 0 aliphatic rings. The van der Waals surface area contributed by atoms with Crippen molar-refractivity contribution in [2.75, 3.05) is 0 Å². The average Bonchev–Trinajstić information content (AvgIpc) is 2.49. The summed E-state index contributed by atoms with van der Waals surface area (Å²) in [7, 11) is 0. The van der Waals surface area contributed by atoms with Gasteiger partial charge in [-0.1, -0.05) is 0 Å². The van der Waals surface area contributed by atoms with E-state index in [0.29, 0.717) is 21.3 Å². The van der Waals surface area contributed by atoms with E-state index in [9.17, 15) is 15.0 Å². The zero-order valence-corrected chi connectivity index (χ0v) is 15.2. The quantitative estimate of drug-likeness (QED) is 0.361. The zero-order chi connectivity index (χ0) is 16.3. The molecule has 114 valence electrons. The molecule has 22 heavy (non-hydrogen) atoms. The third kappa shape index (κ3) is 3.98. The highest BCUT2D eigenvalue weighted by Gasteiger charge is 2.10. The second kappa shape index (κ2) is 7.10. The lowest BCUT2D eigenvalue weighted by atomic mass is 10.1. The van der Waals surface area contributed by atoms with Crippen LogP contribution >= 0.6 is 38.5 Å². The second-order valence-corrected chi connectivity index (χ2v) is 6.57. The molecule has 2 aromatic rings. The van der Waals surface area contributed by atoms with E-state index in [1.54, 1.807) is 19.1 Å². The van der Waals surface area contributed by atoms with Crippen molar-refractivity contribution in [2.45, 2.75) is 6.92 Å². The van der Waals surface area contributed by atoms with Gasteiger partial charge in [0, 0.05) is 20.8 Å². The van der Waals surface area contributed by atoms with Gasteiger partial charge in [0.1, 0.15) is 11.5 Å². The minimum atomic E-state index is -0.340. The van der Waals surface area contributed by atoms with Crippen molar-refractivity contribution in [2.24, 2.45) is 5.10 Å². The highest BCUT2D eigenvalue weighted by Crippen LogP contribution is 2.31. The molecule has 0 atom stereocenters. The van der Waals surface area contributed by atoms with E-state index < -0.39 is 0 Å². The van der Waals surface area contributed by atoms with E-state index in [4.69, 9.17) is 0 Å². The van der Waals surface area contributed by atoms with Gasteiger partial charge in [0.2, 0.25) is 0 Å². The Balaban J connectivity index is 2.17. The Hall–Kier alpha value is -1.61. The molecule has 0 radical (unpaired) electrons. The predicted molar refractivity (Wildman–Crippen MR) is 96.3 cm³/mol. The highest BCUT2D eigenvalue weighted by atomic mass is 127. The predicted octanol–water partition coefficient (Wildman–Crippen LogP) is 3.62. The third-order valence-electron chi connectivity index (χ3n) is 2.89. The molecule has 2 aromatic carbocycles. The molecular formula is C15H12BrIN2O3. The number of carbonyl (C=O) groups is 1. The number of carbonyl (C=O) groups excluding carboxylic acids is 1. The number of hydrogen-bond acceptors (Lipinski definition) is 4. The first kappa shape index (κ1) is 16.8. The minimum Gasteiger partial charge on any atom is -0.507 e. The van der Waals surface area contributed by atoms with Crippen LogP contribution in [-0.4, -0.2) is 21.8 Å². The van der Waals surface area contributed by atoms with Crippen LogP contribution in [0.4, 0.5) is 0 Å². The van der Waals surface area contributed by atoms with E-state index in [0.717, 1.165) is 3.57 Å². The molecule has 7 heteroatoms. The second-order valence-electron chi connectivity index (χ2n) is 4.47. The number of benzene rings is 2. The largest absolute Gasteiger partial charge is 0.507 e. The van der Waals surface area contributed by atoms with Crippen LogP contribution in [0.25, 0.3) is 0 Å². The van der Waals surface area contributed by atoms with Crippen molar-refractivity contribution < 1.29 is 15.0 Å². The van der Waals surface area contributed by atoms with E-state index in [1.807, 2.05) is 12.1 Å². The Labute approximate surface area is 149 Å². The van der Waals surface area contributed by atoms with Crippen molar-refractivity contribution in [3.05, 3.63) is 55.6 Å². The molecule has 0 aromatic heterocycles. The normalized spacial score (nSPS) is 11.3. The van der Waals surface area contributed by atoms with Gasteiger partial charge in [-0.05, 0) is 75.8 Å². The van der Waals surface area contributed by atoms with Crippen molar-refractivity contribution >= 4 is 50.1 Å². The van der Waals surface area contributed by atoms with Crippen LogP contribution in [0.3, 0.4) is 0 Å². The van der Waals surface area contributed by atoms with E-state index in [-0.39, 0.29) is 17.4 Å². The fraction of sp³-hybridized carbons (Fsp3) is 0.0667. The number of nitrogens with one attached hydrogen (secondary N) is 1. The van der Waals surface area contributed by atoms with Crippen LogP contribution in [-0.2, 0) is 0 Å². The summed E-state index contributed by atoms with van der Waals surface area (Å²) < 4.78 is 1.46. The summed E-state index contributed by atoms with van der Waals surface area (Å²) in [5.74, 6) is -0.532. The maximum atomic E-state index is 12.0. The number of nitrogens with zero attached hydrogens (tertiary/aromatic N) is 1. The lowest BCUT2D eigenvalue weighted by molar-refractivity contribution is 0.0955. The number of phenolic OH excluding ortho intramolecular Hbond substituents is 2. The summed E-state index contributed by atoms with van der Waals surface area (Å²) in [5.41, 5.74) is 3.75. The Morgan fingerprint density at radius 2 is 1.82 bits per heavy atom. The molecule has 0 aliphatic heterocycles. The Morgan fingerprint density at radius 1 is 1.18 bits per heavy atom. The fourth-order valence-corrected chi connectivity index (χ4v) is 2.40. The van der Waals surface area contributed by atoms with Crippen LogP contribution in [0.1, 0.15) is 22.8 Å². The summed E-state index contributed by atoms with van der Waals surface area (Å²) in [6, 6.07) is 9.80. The van der Waals surface area contributed by atoms with Crippen LogP contribution in [0, 0.1) is 3.57 Å². The number of amides is 1. The molecule has 0 aliphatic carbocycles. The molecule has 0 saturated heterocycles. The molecule has 3 N–H and O–H groups in total. The Morgan fingerprint density at radius 3 is 2.45 bits per heavy atom. The molecule has 0 fully saturated rings. The molecular weight excluding hydrogens is 463 g/mol. The van der Waals surface area contributed by atoms with Gasteiger partial charge in [-0.3, -0.25) is 4.79 Å². The standard InChI is InChI=1S/C15H12BrIN2O3/c1-8(11-6-12(16)14(21)7-13(11)20)18-19-15(22)9-2-4-10(17)5-3-9/h2-7,20-21H,1H3,(H,19,22)/b18-8-. The average molecular weight is 475 g/mol. The molecule has 0 spiro atoms. The van der Waals surface area contributed by atoms with Gasteiger partial charge in [0.15, 0.2) is 0 Å². The Kier molecular flexibility index (Phi) is 5.41. The minimum absolute atomic E-state index is 0.0722. The van der Waals surface area contributed by atoms with Crippen LogP contribution < -0.4 is 5.43 Å². The molecule has 0 saturated carbocycles. The van der Waals surface area contributed by atoms with Crippen LogP contribution in [0.15, 0.2) is 46.0 Å². The van der Waals surface area contributed by atoms with E-state index >= 15 is 0 Å². The van der Waals surface area contributed by atoms with Gasteiger partial charge in [0.25, 0.3) is 5.91 Å². The van der Waals surface area contributed by atoms with Gasteiger partial charge >= 0.3 is 0 Å². The fourth-order valence-electron chi connectivity index (χ4n) is 1.70. The molecule has 0 heterocycles. The summed E-state index contributed by atoms with van der Waals surface area (Å²) in [5, 5.41) is 23.3. The first-order valence-corrected chi connectivity index (χ1v) is 8.07. The van der Waals surface area contributed by atoms with E-state index in [2.05, 4.69) is 49.0 Å².